The molecule has 0 aliphatic carbocycles. The number of likely N-dealkylation sites (tertiary alicyclic amines) is 1. The van der Waals surface area contributed by atoms with Crippen molar-refractivity contribution in [3.05, 3.63) is 58.0 Å². The summed E-state index contributed by atoms with van der Waals surface area (Å²) in [6.45, 7) is 0.290. The van der Waals surface area contributed by atoms with Crippen LogP contribution in [0.4, 0.5) is 4.39 Å². The number of carbonyl (C=O) groups excluding carboxylic acids is 3. The van der Waals surface area contributed by atoms with Crippen molar-refractivity contribution in [3.8, 4) is 0 Å². The molecule has 2 aromatic rings. The lowest BCUT2D eigenvalue weighted by Crippen LogP contribution is -2.33. The van der Waals surface area contributed by atoms with Crippen LogP contribution in [0.15, 0.2) is 41.8 Å². The van der Waals surface area contributed by atoms with E-state index in [0.717, 1.165) is 0 Å². The van der Waals surface area contributed by atoms with E-state index in [1.807, 2.05) is 0 Å². The Morgan fingerprint density at radius 3 is 2.64 bits per heavy atom. The first kappa shape index (κ1) is 17.4. The number of amides is 1. The zero-order chi connectivity index (χ0) is 18.0. The molecule has 2 atom stereocenters. The molecule has 0 spiro atoms. The topological polar surface area (TPSA) is 63.7 Å². The molecular formula is C18H16FNO4S. The summed E-state index contributed by atoms with van der Waals surface area (Å²) in [6.07, 6.45) is 0. The molecule has 2 heterocycles. The Morgan fingerprint density at radius 2 is 2.00 bits per heavy atom. The fourth-order valence-electron chi connectivity index (χ4n) is 3.05. The molecule has 3 rings (SSSR count). The lowest BCUT2D eigenvalue weighted by Gasteiger charge is -2.27. The fraction of sp³-hybridized carbons (Fsp3) is 0.278. The minimum absolute atomic E-state index is 0.105. The van der Waals surface area contributed by atoms with Crippen molar-refractivity contribution in [3.63, 3.8) is 0 Å². The normalized spacial score (nSPS) is 20.3. The fourth-order valence-corrected chi connectivity index (χ4v) is 3.76. The molecule has 0 radical (unpaired) electrons. The second-order valence-corrected chi connectivity index (χ2v) is 6.59. The lowest BCUT2D eigenvalue weighted by molar-refractivity contribution is -0.141. The van der Waals surface area contributed by atoms with E-state index in [0.29, 0.717) is 4.88 Å². The molecule has 1 fully saturated rings. The van der Waals surface area contributed by atoms with Crippen LogP contribution < -0.4 is 0 Å². The first-order chi connectivity index (χ1) is 12.1. The van der Waals surface area contributed by atoms with Gasteiger partial charge >= 0.3 is 0 Å². The summed E-state index contributed by atoms with van der Waals surface area (Å²) >= 11 is 1.19. The van der Waals surface area contributed by atoms with E-state index >= 15 is 0 Å². The minimum atomic E-state index is -1.25. The summed E-state index contributed by atoms with van der Waals surface area (Å²) in [5, 5.41) is 1.72. The van der Waals surface area contributed by atoms with Crippen LogP contribution in [-0.2, 0) is 14.3 Å². The van der Waals surface area contributed by atoms with Gasteiger partial charge in [0.05, 0.1) is 17.5 Å². The van der Waals surface area contributed by atoms with Gasteiger partial charge in [0.15, 0.2) is 5.78 Å². The van der Waals surface area contributed by atoms with E-state index in [9.17, 15) is 18.8 Å². The molecule has 1 amide bonds. The number of hydrogen-bond donors (Lipinski definition) is 0. The maximum absolute atomic E-state index is 14.4. The first-order valence-corrected chi connectivity index (χ1v) is 8.60. The molecule has 7 heteroatoms. The predicted octanol–water partition coefficient (Wildman–Crippen LogP) is 2.49. The number of Topliss-reactive ketones (excluding diaryl/α,β-unsaturated/α-hetero) is 2. The second-order valence-electron chi connectivity index (χ2n) is 5.64. The molecule has 1 aliphatic heterocycles. The van der Waals surface area contributed by atoms with Gasteiger partial charge in [0.2, 0.25) is 5.78 Å². The SMILES string of the molecule is COCCN1C(=O)C(=O)C(C(=O)c2cccs2)C1c1ccccc1F. The van der Waals surface area contributed by atoms with E-state index in [1.54, 1.807) is 23.6 Å². The largest absolute Gasteiger partial charge is 0.383 e. The quantitative estimate of drug-likeness (QED) is 0.450. The number of methoxy groups -OCH3 is 1. The summed E-state index contributed by atoms with van der Waals surface area (Å²) in [6, 6.07) is 8.22. The summed E-state index contributed by atoms with van der Waals surface area (Å²) in [4.78, 5) is 39.4. The molecule has 0 saturated carbocycles. The van der Waals surface area contributed by atoms with Crippen molar-refractivity contribution in [2.75, 3.05) is 20.3 Å². The summed E-state index contributed by atoms with van der Waals surface area (Å²) in [7, 11) is 1.47. The average Bonchev–Trinajstić information content (AvgIpc) is 3.22. The van der Waals surface area contributed by atoms with Crippen LogP contribution in [0, 0.1) is 11.7 Å². The Bertz CT molecular complexity index is 805. The number of thiophene rings is 1. The van der Waals surface area contributed by atoms with Crippen LogP contribution >= 0.6 is 11.3 Å². The highest BCUT2D eigenvalue weighted by atomic mass is 32.1. The van der Waals surface area contributed by atoms with Gasteiger partial charge in [0.1, 0.15) is 11.7 Å². The van der Waals surface area contributed by atoms with Crippen molar-refractivity contribution in [2.45, 2.75) is 6.04 Å². The van der Waals surface area contributed by atoms with Crippen LogP contribution in [0.25, 0.3) is 0 Å². The third kappa shape index (κ3) is 3.12. The van der Waals surface area contributed by atoms with E-state index in [1.165, 1.54) is 41.5 Å². The molecule has 0 N–H and O–H groups in total. The van der Waals surface area contributed by atoms with E-state index in [4.69, 9.17) is 4.74 Å². The third-order valence-electron chi connectivity index (χ3n) is 4.21. The van der Waals surface area contributed by atoms with Gasteiger partial charge in [-0.2, -0.15) is 0 Å². The number of hydrogen-bond acceptors (Lipinski definition) is 5. The highest BCUT2D eigenvalue weighted by molar-refractivity contribution is 7.12. The Morgan fingerprint density at radius 1 is 1.24 bits per heavy atom. The van der Waals surface area contributed by atoms with Gasteiger partial charge in [-0.1, -0.05) is 24.3 Å². The first-order valence-electron chi connectivity index (χ1n) is 7.72. The standard InChI is InChI=1S/C18H16FNO4S/c1-24-9-8-20-15(11-5-2-3-6-12(11)19)14(17(22)18(20)23)16(21)13-7-4-10-25-13/h2-7,10,14-15H,8-9H2,1H3. The molecule has 1 aromatic heterocycles. The smallest absolute Gasteiger partial charge is 0.291 e. The molecule has 1 aromatic carbocycles. The van der Waals surface area contributed by atoms with E-state index in [-0.39, 0.29) is 18.7 Å². The van der Waals surface area contributed by atoms with Gasteiger partial charge in [-0.3, -0.25) is 14.4 Å². The summed E-state index contributed by atoms with van der Waals surface area (Å²) < 4.78 is 19.4. The van der Waals surface area contributed by atoms with Crippen LogP contribution in [0.5, 0.6) is 0 Å². The van der Waals surface area contributed by atoms with Gasteiger partial charge < -0.3 is 9.64 Å². The monoisotopic (exact) mass is 361 g/mol. The van der Waals surface area contributed by atoms with E-state index < -0.39 is 35.3 Å². The molecule has 1 aliphatic rings. The number of ketones is 2. The Balaban J connectivity index is 2.07. The average molecular weight is 361 g/mol. The molecule has 130 valence electrons. The van der Waals surface area contributed by atoms with Crippen molar-refractivity contribution >= 4 is 28.8 Å². The maximum Gasteiger partial charge on any atom is 0.291 e. The highest BCUT2D eigenvalue weighted by Crippen LogP contribution is 2.39. The highest BCUT2D eigenvalue weighted by Gasteiger charge is 2.52. The third-order valence-corrected chi connectivity index (χ3v) is 5.10. The Labute approximate surface area is 148 Å². The van der Waals surface area contributed by atoms with Crippen molar-refractivity contribution < 1.29 is 23.5 Å². The number of ether oxygens (including phenoxy) is 1. The van der Waals surface area contributed by atoms with Crippen LogP contribution in [0.1, 0.15) is 21.3 Å². The zero-order valence-electron chi connectivity index (χ0n) is 13.5. The van der Waals surface area contributed by atoms with Gasteiger partial charge in [0.25, 0.3) is 5.91 Å². The van der Waals surface area contributed by atoms with Crippen molar-refractivity contribution in [1.29, 1.82) is 0 Å². The zero-order valence-corrected chi connectivity index (χ0v) is 14.3. The summed E-state index contributed by atoms with van der Waals surface area (Å²) in [5.41, 5.74) is 0.160. The molecule has 0 bridgehead atoms. The van der Waals surface area contributed by atoms with Crippen LogP contribution in [0.3, 0.4) is 0 Å². The van der Waals surface area contributed by atoms with Crippen molar-refractivity contribution in [2.24, 2.45) is 5.92 Å². The van der Waals surface area contributed by atoms with Gasteiger partial charge in [-0.15, -0.1) is 11.3 Å². The number of halogens is 1. The number of rotatable bonds is 6. The number of nitrogens with zero attached hydrogens (tertiary/aromatic N) is 1. The number of benzene rings is 1. The molecular weight excluding hydrogens is 345 g/mol. The molecule has 2 unspecified atom stereocenters. The van der Waals surface area contributed by atoms with Gasteiger partial charge in [-0.05, 0) is 17.5 Å². The molecule has 5 nitrogen and oxygen atoms in total. The maximum atomic E-state index is 14.4. The Kier molecular flexibility index (Phi) is 5.06. The van der Waals surface area contributed by atoms with Gasteiger partial charge in [-0.25, -0.2) is 4.39 Å². The van der Waals surface area contributed by atoms with Gasteiger partial charge in [0, 0.05) is 19.2 Å². The number of carbonyl (C=O) groups is 3. The molecule has 25 heavy (non-hydrogen) atoms. The lowest BCUT2D eigenvalue weighted by atomic mass is 9.88. The predicted molar refractivity (Wildman–Crippen MR) is 89.9 cm³/mol. The van der Waals surface area contributed by atoms with E-state index in [2.05, 4.69) is 0 Å². The Hall–Kier alpha value is -2.38. The second kappa shape index (κ2) is 7.25. The van der Waals surface area contributed by atoms with Crippen LogP contribution in [0.2, 0.25) is 0 Å². The van der Waals surface area contributed by atoms with Crippen LogP contribution in [-0.4, -0.2) is 42.6 Å². The van der Waals surface area contributed by atoms with Crippen molar-refractivity contribution in [1.82, 2.24) is 4.90 Å². The minimum Gasteiger partial charge on any atom is -0.383 e. The summed E-state index contributed by atoms with van der Waals surface area (Å²) in [5.74, 6) is -3.84. The molecule has 1 saturated heterocycles.